The minimum Gasteiger partial charge on any atom is -0.494 e. The number of hydrogen-bond acceptors (Lipinski definition) is 4. The normalized spacial score (nSPS) is 20.7. The van der Waals surface area contributed by atoms with Crippen LogP contribution >= 0.6 is 12.2 Å². The van der Waals surface area contributed by atoms with Gasteiger partial charge in [-0.15, -0.1) is 0 Å². The Bertz CT molecular complexity index is 795. The van der Waals surface area contributed by atoms with Crippen LogP contribution in [0.15, 0.2) is 24.3 Å². The predicted molar refractivity (Wildman–Crippen MR) is 105 cm³/mol. The number of likely N-dealkylation sites (tertiary alicyclic amines) is 1. The third-order valence-corrected chi connectivity index (χ3v) is 5.97. The van der Waals surface area contributed by atoms with E-state index in [-0.39, 0.29) is 0 Å². The predicted octanol–water partition coefficient (Wildman–Crippen LogP) is 4.33. The summed E-state index contributed by atoms with van der Waals surface area (Å²) in [6, 6.07) is 9.01. The van der Waals surface area contributed by atoms with Crippen molar-refractivity contribution in [2.24, 2.45) is 0 Å². The topological polar surface area (TPSA) is 35.2 Å². The Labute approximate surface area is 160 Å². The Balaban J connectivity index is 1.51. The van der Waals surface area contributed by atoms with Crippen LogP contribution in [0.25, 0.3) is 0 Å². The highest BCUT2D eigenvalue weighted by Crippen LogP contribution is 2.33. The van der Waals surface area contributed by atoms with E-state index in [9.17, 15) is 0 Å². The van der Waals surface area contributed by atoms with Crippen molar-refractivity contribution in [3.05, 3.63) is 40.4 Å². The summed E-state index contributed by atoms with van der Waals surface area (Å²) in [5.74, 6) is 2.12. The maximum atomic E-state index is 5.73. The fraction of sp³-hybridized carbons (Fsp3) is 0.600. The molecular formula is C20H28N4OS. The zero-order chi connectivity index (χ0) is 17.9. The third kappa shape index (κ3) is 3.58. The van der Waals surface area contributed by atoms with Gasteiger partial charge in [0, 0.05) is 25.6 Å². The smallest absolute Gasteiger partial charge is 0.199 e. The van der Waals surface area contributed by atoms with Crippen molar-refractivity contribution in [3.63, 3.8) is 0 Å². The molecule has 2 aliphatic rings. The standard InChI is InChI=1S/C20H28N4OS/c1-2-25-17-11-9-16(10-12-17)18-7-6-13-22(18)15-24-20(26)23-14-5-3-4-8-19(23)21-24/h9-12,18H,2-8,13-15H2,1H3. The second-order valence-corrected chi connectivity index (χ2v) is 7.64. The molecule has 0 aliphatic carbocycles. The third-order valence-electron chi connectivity index (χ3n) is 5.54. The van der Waals surface area contributed by atoms with Gasteiger partial charge in [-0.05, 0) is 62.5 Å². The van der Waals surface area contributed by atoms with E-state index < -0.39 is 0 Å². The first-order chi connectivity index (χ1) is 12.8. The van der Waals surface area contributed by atoms with Gasteiger partial charge in [-0.25, -0.2) is 4.68 Å². The second kappa shape index (κ2) is 7.92. The fourth-order valence-corrected chi connectivity index (χ4v) is 4.51. The molecule has 1 fully saturated rings. The van der Waals surface area contributed by atoms with Crippen molar-refractivity contribution in [2.75, 3.05) is 13.2 Å². The first-order valence-corrected chi connectivity index (χ1v) is 10.3. The van der Waals surface area contributed by atoms with Crippen LogP contribution < -0.4 is 4.74 Å². The van der Waals surface area contributed by atoms with Crippen molar-refractivity contribution in [1.82, 2.24) is 19.2 Å². The molecule has 2 aromatic rings. The summed E-state index contributed by atoms with van der Waals surface area (Å²) in [5.41, 5.74) is 1.36. The largest absolute Gasteiger partial charge is 0.494 e. The van der Waals surface area contributed by atoms with Gasteiger partial charge in [0.2, 0.25) is 0 Å². The van der Waals surface area contributed by atoms with E-state index in [0.29, 0.717) is 12.6 Å². The molecule has 26 heavy (non-hydrogen) atoms. The molecule has 4 rings (SSSR count). The summed E-state index contributed by atoms with van der Waals surface area (Å²) in [6.45, 7) is 5.63. The fourth-order valence-electron chi connectivity index (χ4n) is 4.22. The molecule has 0 N–H and O–H groups in total. The number of aromatic nitrogens is 3. The summed E-state index contributed by atoms with van der Waals surface area (Å²) in [5, 5.41) is 4.85. The van der Waals surface area contributed by atoms with Crippen LogP contribution in [0.5, 0.6) is 5.75 Å². The van der Waals surface area contributed by atoms with Crippen molar-refractivity contribution < 1.29 is 4.74 Å². The Morgan fingerprint density at radius 3 is 2.77 bits per heavy atom. The van der Waals surface area contributed by atoms with Crippen LogP contribution in [-0.4, -0.2) is 32.4 Å². The van der Waals surface area contributed by atoms with Gasteiger partial charge < -0.3 is 9.30 Å². The van der Waals surface area contributed by atoms with Gasteiger partial charge in [-0.2, -0.15) is 5.10 Å². The second-order valence-electron chi connectivity index (χ2n) is 7.27. The summed E-state index contributed by atoms with van der Waals surface area (Å²) in [4.78, 5) is 2.51. The molecule has 0 saturated carbocycles. The van der Waals surface area contributed by atoms with Crippen molar-refractivity contribution >= 4 is 12.2 Å². The average Bonchev–Trinajstić information content (AvgIpc) is 3.13. The Kier molecular flexibility index (Phi) is 5.41. The quantitative estimate of drug-likeness (QED) is 0.732. The summed E-state index contributed by atoms with van der Waals surface area (Å²) in [7, 11) is 0. The van der Waals surface area contributed by atoms with Gasteiger partial charge >= 0.3 is 0 Å². The molecule has 1 aromatic heterocycles. The lowest BCUT2D eigenvalue weighted by Crippen LogP contribution is -2.27. The van der Waals surface area contributed by atoms with Crippen molar-refractivity contribution in [3.8, 4) is 5.75 Å². The molecule has 2 aliphatic heterocycles. The molecule has 1 saturated heterocycles. The first-order valence-electron chi connectivity index (χ1n) is 9.89. The number of ether oxygens (including phenoxy) is 1. The van der Waals surface area contributed by atoms with E-state index in [1.54, 1.807) is 0 Å². The van der Waals surface area contributed by atoms with Gasteiger partial charge in [0.05, 0.1) is 13.3 Å². The molecule has 0 amide bonds. The highest BCUT2D eigenvalue weighted by molar-refractivity contribution is 7.71. The van der Waals surface area contributed by atoms with Gasteiger partial charge in [0.15, 0.2) is 4.77 Å². The van der Waals surface area contributed by atoms with Gasteiger partial charge in [-0.3, -0.25) is 4.90 Å². The molecule has 3 heterocycles. The van der Waals surface area contributed by atoms with Crippen molar-refractivity contribution in [1.29, 1.82) is 0 Å². The number of rotatable bonds is 5. The molecule has 1 aromatic carbocycles. The molecule has 6 heteroatoms. The number of hydrogen-bond donors (Lipinski definition) is 0. The number of fused-ring (bicyclic) bond motifs is 1. The van der Waals surface area contributed by atoms with Crippen LogP contribution in [0.1, 0.15) is 56.5 Å². The molecule has 0 spiro atoms. The minimum atomic E-state index is 0.439. The maximum absolute atomic E-state index is 5.73. The molecule has 1 atom stereocenters. The van der Waals surface area contributed by atoms with Gasteiger partial charge in [0.1, 0.15) is 11.6 Å². The van der Waals surface area contributed by atoms with Crippen LogP contribution in [-0.2, 0) is 19.6 Å². The summed E-state index contributed by atoms with van der Waals surface area (Å²) in [6.07, 6.45) is 7.19. The lowest BCUT2D eigenvalue weighted by atomic mass is 10.0. The highest BCUT2D eigenvalue weighted by atomic mass is 32.1. The van der Waals surface area contributed by atoms with Gasteiger partial charge in [-0.1, -0.05) is 18.6 Å². The van der Waals surface area contributed by atoms with E-state index in [0.717, 1.165) is 36.7 Å². The molecule has 0 radical (unpaired) electrons. The average molecular weight is 373 g/mol. The number of benzene rings is 1. The Hall–Kier alpha value is -1.66. The lowest BCUT2D eigenvalue weighted by Gasteiger charge is -2.24. The van der Waals surface area contributed by atoms with Gasteiger partial charge in [0.25, 0.3) is 0 Å². The highest BCUT2D eigenvalue weighted by Gasteiger charge is 2.27. The number of aryl methyl sites for hydroxylation is 1. The molecule has 140 valence electrons. The monoisotopic (exact) mass is 372 g/mol. The van der Waals surface area contributed by atoms with E-state index in [1.165, 1.54) is 43.5 Å². The zero-order valence-corrected chi connectivity index (χ0v) is 16.4. The van der Waals surface area contributed by atoms with E-state index >= 15 is 0 Å². The molecule has 5 nitrogen and oxygen atoms in total. The summed E-state index contributed by atoms with van der Waals surface area (Å²) >= 11 is 5.73. The summed E-state index contributed by atoms with van der Waals surface area (Å²) < 4.78 is 10.8. The number of nitrogens with zero attached hydrogens (tertiary/aromatic N) is 4. The van der Waals surface area contributed by atoms with E-state index in [1.807, 2.05) is 11.6 Å². The van der Waals surface area contributed by atoms with Crippen LogP contribution in [0.2, 0.25) is 0 Å². The lowest BCUT2D eigenvalue weighted by molar-refractivity contribution is 0.189. The molecule has 1 unspecified atom stereocenters. The van der Waals surface area contributed by atoms with E-state index in [2.05, 4.69) is 33.7 Å². The van der Waals surface area contributed by atoms with Crippen LogP contribution in [0.3, 0.4) is 0 Å². The SMILES string of the molecule is CCOc1ccc(C2CCCN2Cn2nc3n(c2=S)CCCCC3)cc1. The molecule has 0 bridgehead atoms. The Morgan fingerprint density at radius 2 is 1.96 bits per heavy atom. The van der Waals surface area contributed by atoms with E-state index in [4.69, 9.17) is 22.1 Å². The molecular weight excluding hydrogens is 344 g/mol. The van der Waals surface area contributed by atoms with Crippen molar-refractivity contribution in [2.45, 2.75) is 64.7 Å². The minimum absolute atomic E-state index is 0.439. The maximum Gasteiger partial charge on any atom is 0.199 e. The zero-order valence-electron chi connectivity index (χ0n) is 15.6. The first kappa shape index (κ1) is 17.7. The van der Waals surface area contributed by atoms with Crippen LogP contribution in [0.4, 0.5) is 0 Å². The van der Waals surface area contributed by atoms with Crippen LogP contribution in [0, 0.1) is 4.77 Å². The Morgan fingerprint density at radius 1 is 1.12 bits per heavy atom.